The number of nitrogens with one attached hydrogen (secondary N) is 3. The third-order valence-electron chi connectivity index (χ3n) is 10.1. The van der Waals surface area contributed by atoms with E-state index in [2.05, 4.69) is 40.7 Å². The average Bonchev–Trinajstić information content (AvgIpc) is 3.80. The van der Waals surface area contributed by atoms with E-state index in [4.69, 9.17) is 25.8 Å². The van der Waals surface area contributed by atoms with E-state index in [1.165, 1.54) is 22.1 Å². The first-order valence-corrected chi connectivity index (χ1v) is 20.7. The molecule has 2 aliphatic heterocycles. The number of aryl methyl sites for hydroxylation is 2. The average molecular weight is 847 g/mol. The van der Waals surface area contributed by atoms with Crippen LogP contribution in [-0.4, -0.2) is 119 Å². The van der Waals surface area contributed by atoms with Crippen molar-refractivity contribution in [1.29, 1.82) is 0 Å². The SMILES string of the molecule is Cc1nc(Nc2ncc(C(=O)Nc3c(C)cccc3Cl)s2)cc(N2CCN(CCOCCOCCOCCn3c(=O)n(C4CCC(=O)NC4=O)c4ccccc43)CC2)n1. The van der Waals surface area contributed by atoms with Crippen LogP contribution >= 0.6 is 22.9 Å². The van der Waals surface area contributed by atoms with Crippen LogP contribution in [0.5, 0.6) is 0 Å². The number of hydrogen-bond acceptors (Lipinski definition) is 14. The fourth-order valence-corrected chi connectivity index (χ4v) is 8.05. The van der Waals surface area contributed by atoms with Crippen molar-refractivity contribution in [3.05, 3.63) is 86.5 Å². The van der Waals surface area contributed by atoms with Crippen LogP contribution in [0.4, 0.5) is 22.5 Å². The van der Waals surface area contributed by atoms with Gasteiger partial charge >= 0.3 is 5.69 Å². The zero-order valence-electron chi connectivity index (χ0n) is 32.9. The smallest absolute Gasteiger partial charge is 0.329 e. The van der Waals surface area contributed by atoms with Crippen LogP contribution in [0, 0.1) is 13.8 Å². The molecule has 2 saturated heterocycles. The summed E-state index contributed by atoms with van der Waals surface area (Å²) in [6.07, 6.45) is 2.01. The first-order valence-electron chi connectivity index (χ1n) is 19.5. The Morgan fingerprint density at radius 3 is 2.34 bits per heavy atom. The van der Waals surface area contributed by atoms with Gasteiger partial charge in [-0.3, -0.25) is 33.7 Å². The Hall–Kier alpha value is -5.24. The zero-order chi connectivity index (χ0) is 41.3. The summed E-state index contributed by atoms with van der Waals surface area (Å²) in [5.74, 6) is 0.990. The number of ether oxygens (including phenoxy) is 3. The number of nitrogens with zero attached hydrogens (tertiary/aromatic N) is 7. The van der Waals surface area contributed by atoms with E-state index in [1.54, 1.807) is 10.6 Å². The van der Waals surface area contributed by atoms with Gasteiger partial charge in [-0.2, -0.15) is 0 Å². The monoisotopic (exact) mass is 846 g/mol. The van der Waals surface area contributed by atoms with Gasteiger partial charge in [0.25, 0.3) is 5.91 Å². The summed E-state index contributed by atoms with van der Waals surface area (Å²) in [5.41, 5.74) is 2.51. The molecule has 0 radical (unpaired) electrons. The van der Waals surface area contributed by atoms with E-state index in [0.717, 1.165) is 44.1 Å². The Labute approximate surface area is 349 Å². The van der Waals surface area contributed by atoms with E-state index >= 15 is 0 Å². The minimum Gasteiger partial charge on any atom is -0.378 e. The molecule has 3 amide bonds. The summed E-state index contributed by atoms with van der Waals surface area (Å²) < 4.78 is 20.3. The highest BCUT2D eigenvalue weighted by Gasteiger charge is 2.31. The van der Waals surface area contributed by atoms with Crippen LogP contribution in [0.2, 0.25) is 5.02 Å². The lowest BCUT2D eigenvalue weighted by Gasteiger charge is -2.35. The van der Waals surface area contributed by atoms with Crippen LogP contribution in [0.3, 0.4) is 0 Å². The summed E-state index contributed by atoms with van der Waals surface area (Å²) in [6.45, 7) is 10.8. The molecule has 5 heterocycles. The van der Waals surface area contributed by atoms with Crippen LogP contribution in [0.1, 0.15) is 39.9 Å². The van der Waals surface area contributed by atoms with Gasteiger partial charge in [0.1, 0.15) is 28.4 Å². The number of para-hydroxylation sites is 3. The van der Waals surface area contributed by atoms with Gasteiger partial charge in [-0.05, 0) is 44.0 Å². The number of fused-ring (bicyclic) bond motifs is 1. The normalized spacial score (nSPS) is 16.1. The molecule has 2 fully saturated rings. The summed E-state index contributed by atoms with van der Waals surface area (Å²) in [7, 11) is 0. The Morgan fingerprint density at radius 1 is 0.898 bits per heavy atom. The Morgan fingerprint density at radius 2 is 1.61 bits per heavy atom. The fraction of sp³-hybridized carbons (Fsp3) is 0.425. The van der Waals surface area contributed by atoms with Crippen molar-refractivity contribution in [3.63, 3.8) is 0 Å². The number of piperazine rings is 1. The van der Waals surface area contributed by atoms with Gasteiger partial charge in [-0.25, -0.2) is 19.7 Å². The number of thiazole rings is 1. The predicted molar refractivity (Wildman–Crippen MR) is 225 cm³/mol. The minimum atomic E-state index is -0.729. The highest BCUT2D eigenvalue weighted by Crippen LogP contribution is 2.29. The molecule has 3 N–H and O–H groups in total. The topological polar surface area (TPSA) is 187 Å². The lowest BCUT2D eigenvalue weighted by molar-refractivity contribution is -0.135. The van der Waals surface area contributed by atoms with Gasteiger partial charge in [0.05, 0.1) is 74.1 Å². The second-order valence-corrected chi connectivity index (χ2v) is 15.6. The lowest BCUT2D eigenvalue weighted by Crippen LogP contribution is -2.47. The molecule has 0 spiro atoms. The number of imide groups is 1. The van der Waals surface area contributed by atoms with Crippen molar-refractivity contribution in [2.45, 2.75) is 39.3 Å². The van der Waals surface area contributed by atoms with Gasteiger partial charge in [0.15, 0.2) is 5.13 Å². The number of carbonyl (C=O) groups excluding carboxylic acids is 3. The quantitative estimate of drug-likeness (QED) is 0.0844. The first kappa shape index (κ1) is 41.9. The number of aromatic nitrogens is 5. The molecule has 1 unspecified atom stereocenters. The molecule has 3 aromatic heterocycles. The molecule has 59 heavy (non-hydrogen) atoms. The molecule has 5 aromatic rings. The Kier molecular flexibility index (Phi) is 14.0. The third-order valence-corrected chi connectivity index (χ3v) is 11.3. The van der Waals surface area contributed by atoms with Crippen LogP contribution < -0.4 is 26.5 Å². The molecule has 312 valence electrons. The maximum Gasteiger partial charge on any atom is 0.329 e. The molecule has 0 aliphatic carbocycles. The number of piperidine rings is 1. The highest BCUT2D eigenvalue weighted by molar-refractivity contribution is 7.17. The molecule has 0 bridgehead atoms. The number of carbonyl (C=O) groups is 3. The Balaban J connectivity index is 0.765. The van der Waals surface area contributed by atoms with E-state index in [0.29, 0.717) is 89.6 Å². The van der Waals surface area contributed by atoms with Crippen molar-refractivity contribution in [2.75, 3.05) is 87.9 Å². The number of hydrogen-bond donors (Lipinski definition) is 3. The number of anilines is 4. The number of benzene rings is 2. The molecule has 0 saturated carbocycles. The molecule has 7 rings (SSSR count). The molecule has 1 atom stereocenters. The standard InChI is InChI=1S/C40H47ClN10O7S/c1-26-6-5-7-28(41)36(26)47-38(54)32-25-42-39(59-32)45-33-24-34(44-27(2)43-33)49-14-12-48(13-15-49)16-18-56-20-22-58-23-21-57-19-17-50-29-8-3-4-9-30(29)51(40(50)55)31-10-11-35(52)46-37(31)53/h3-9,24-25,31H,10-23H2,1-2H3,(H,47,54)(H,46,52,53)(H,42,43,44,45). The van der Waals surface area contributed by atoms with Gasteiger partial charge in [-0.15, -0.1) is 0 Å². The lowest BCUT2D eigenvalue weighted by atomic mass is 10.1. The van der Waals surface area contributed by atoms with Gasteiger partial charge in [0, 0.05) is 45.2 Å². The predicted octanol–water partition coefficient (Wildman–Crippen LogP) is 4.17. The second kappa shape index (κ2) is 19.7. The van der Waals surface area contributed by atoms with Crippen molar-refractivity contribution in [3.8, 4) is 0 Å². The van der Waals surface area contributed by atoms with E-state index < -0.39 is 11.9 Å². The van der Waals surface area contributed by atoms with Crippen molar-refractivity contribution in [1.82, 2.24) is 34.3 Å². The summed E-state index contributed by atoms with van der Waals surface area (Å²) >= 11 is 7.51. The van der Waals surface area contributed by atoms with Gasteiger partial charge in [0.2, 0.25) is 11.8 Å². The third kappa shape index (κ3) is 10.5. The summed E-state index contributed by atoms with van der Waals surface area (Å²) in [6, 6.07) is 14.0. The van der Waals surface area contributed by atoms with E-state index in [-0.39, 0.29) is 30.3 Å². The number of imidazole rings is 1. The summed E-state index contributed by atoms with van der Waals surface area (Å²) in [5, 5.41) is 9.47. The first-order chi connectivity index (χ1) is 28.6. The number of amides is 3. The van der Waals surface area contributed by atoms with E-state index in [1.807, 2.05) is 56.3 Å². The van der Waals surface area contributed by atoms with Crippen LogP contribution in [-0.2, 0) is 30.3 Å². The number of halogens is 1. The van der Waals surface area contributed by atoms with Crippen molar-refractivity contribution < 1.29 is 28.6 Å². The van der Waals surface area contributed by atoms with Crippen LogP contribution in [0.15, 0.2) is 59.5 Å². The van der Waals surface area contributed by atoms with E-state index in [9.17, 15) is 19.2 Å². The maximum absolute atomic E-state index is 13.4. The second-order valence-electron chi connectivity index (χ2n) is 14.1. The zero-order valence-corrected chi connectivity index (χ0v) is 34.5. The van der Waals surface area contributed by atoms with Gasteiger partial charge in [-0.1, -0.05) is 47.2 Å². The molecular weight excluding hydrogens is 800 g/mol. The van der Waals surface area contributed by atoms with Gasteiger partial charge < -0.3 is 29.7 Å². The molecule has 19 heteroatoms. The minimum absolute atomic E-state index is 0.191. The highest BCUT2D eigenvalue weighted by atomic mass is 35.5. The molecule has 2 aliphatic rings. The largest absolute Gasteiger partial charge is 0.378 e. The summed E-state index contributed by atoms with van der Waals surface area (Å²) in [4.78, 5) is 69.1. The maximum atomic E-state index is 13.4. The van der Waals surface area contributed by atoms with Crippen molar-refractivity contribution in [2.24, 2.45) is 0 Å². The molecule has 17 nitrogen and oxygen atoms in total. The number of rotatable bonds is 18. The molecular formula is C40H47ClN10O7S. The fourth-order valence-electron chi connectivity index (χ4n) is 7.06. The van der Waals surface area contributed by atoms with Crippen molar-refractivity contribution >= 4 is 74.1 Å². The van der Waals surface area contributed by atoms with Crippen LogP contribution in [0.25, 0.3) is 11.0 Å². The Bertz CT molecular complexity index is 2320. The molecule has 2 aromatic carbocycles.